The second-order valence-electron chi connectivity index (χ2n) is 10.1. The molecule has 3 N–H and O–H groups in total. The van der Waals surface area contributed by atoms with E-state index >= 15 is 0 Å². The van der Waals surface area contributed by atoms with Gasteiger partial charge in [0.15, 0.2) is 0 Å². The highest BCUT2D eigenvalue weighted by Crippen LogP contribution is 2.27. The Kier molecular flexibility index (Phi) is 8.86. The standard InChI is InChI=1S/C27H33FN4O4S/c1-37(35,36)13-12-32-18-23(31-26(33)24-14-22(28)17-29-24)15-25(32)27(34)30-16-21-10-8-20(9-11-21)5-3-2-4-19-6-7-19/h8-11,19,22-25,29H,6-7,12-18H2,1H3,(H,30,34)(H,31,33)/t22-,23+,24-,25+/m0/s1. The number of halogens is 1. The average molecular weight is 529 g/mol. The summed E-state index contributed by atoms with van der Waals surface area (Å²) < 4.78 is 36.9. The maximum Gasteiger partial charge on any atom is 0.237 e. The van der Waals surface area contributed by atoms with Gasteiger partial charge in [0.05, 0.1) is 17.8 Å². The molecule has 3 fully saturated rings. The number of hydrogen-bond acceptors (Lipinski definition) is 6. The minimum atomic E-state index is -3.22. The van der Waals surface area contributed by atoms with Crippen LogP contribution >= 0.6 is 0 Å². The number of rotatable bonds is 8. The predicted molar refractivity (Wildman–Crippen MR) is 139 cm³/mol. The van der Waals surface area contributed by atoms with Gasteiger partial charge in [-0.05, 0) is 48.8 Å². The molecule has 10 heteroatoms. The number of alkyl halides is 1. The van der Waals surface area contributed by atoms with Crippen molar-refractivity contribution in [3.05, 3.63) is 35.4 Å². The van der Waals surface area contributed by atoms with Gasteiger partial charge in [-0.2, -0.15) is 0 Å². The molecule has 2 heterocycles. The molecule has 1 aromatic rings. The fourth-order valence-corrected chi connectivity index (χ4v) is 5.05. The number of nitrogens with zero attached hydrogens (tertiary/aromatic N) is 1. The van der Waals surface area contributed by atoms with E-state index in [1.807, 2.05) is 24.3 Å². The van der Waals surface area contributed by atoms with Crippen LogP contribution in [0.5, 0.6) is 0 Å². The number of likely N-dealkylation sites (tertiary alicyclic amines) is 1. The molecule has 2 saturated heterocycles. The Bertz CT molecular complexity index is 1220. The largest absolute Gasteiger partial charge is 0.351 e. The fraction of sp³-hybridized carbons (Fsp3) is 0.556. The Morgan fingerprint density at radius 2 is 1.89 bits per heavy atom. The highest BCUT2D eigenvalue weighted by molar-refractivity contribution is 7.90. The number of hydrogen-bond donors (Lipinski definition) is 3. The summed E-state index contributed by atoms with van der Waals surface area (Å²) in [6.45, 7) is 0.998. The average Bonchev–Trinajstić information content (AvgIpc) is 3.43. The van der Waals surface area contributed by atoms with Crippen molar-refractivity contribution in [1.29, 1.82) is 0 Å². The minimum absolute atomic E-state index is 0.0846. The van der Waals surface area contributed by atoms with Crippen LogP contribution in [0, 0.1) is 29.6 Å². The van der Waals surface area contributed by atoms with Gasteiger partial charge in [0.2, 0.25) is 11.8 Å². The van der Waals surface area contributed by atoms with Crippen LogP contribution in [0.15, 0.2) is 24.3 Å². The van der Waals surface area contributed by atoms with Crippen molar-refractivity contribution in [1.82, 2.24) is 20.9 Å². The third-order valence-electron chi connectivity index (χ3n) is 6.74. The smallest absolute Gasteiger partial charge is 0.237 e. The topological polar surface area (TPSA) is 108 Å². The highest BCUT2D eigenvalue weighted by Gasteiger charge is 2.39. The molecular weight excluding hydrogens is 495 g/mol. The summed E-state index contributed by atoms with van der Waals surface area (Å²) in [7, 11) is -3.22. The molecule has 0 spiro atoms. The SMILES string of the molecule is CS(=O)(=O)CCN1C[C@H](NC(=O)[C@@H]2C[C@H](F)CN2)C[C@@H]1C(=O)NCc1ccc(C#CC#CC2CC2)cc1. The lowest BCUT2D eigenvalue weighted by atomic mass is 10.1. The van der Waals surface area contributed by atoms with Crippen molar-refractivity contribution in [3.63, 3.8) is 0 Å². The Labute approximate surface area is 218 Å². The van der Waals surface area contributed by atoms with Gasteiger partial charge >= 0.3 is 0 Å². The molecule has 4 rings (SSSR count). The molecular formula is C27H33FN4O4S. The van der Waals surface area contributed by atoms with E-state index in [9.17, 15) is 22.4 Å². The van der Waals surface area contributed by atoms with Crippen LogP contribution < -0.4 is 16.0 Å². The lowest BCUT2D eigenvalue weighted by Crippen LogP contribution is -2.46. The molecule has 3 aliphatic rings. The Morgan fingerprint density at radius 3 is 2.54 bits per heavy atom. The predicted octanol–water partition coefficient (Wildman–Crippen LogP) is 0.371. The van der Waals surface area contributed by atoms with Gasteiger partial charge in [-0.3, -0.25) is 14.5 Å². The van der Waals surface area contributed by atoms with Crippen molar-refractivity contribution < 1.29 is 22.4 Å². The molecule has 37 heavy (non-hydrogen) atoms. The van der Waals surface area contributed by atoms with Crippen LogP contribution in [0.2, 0.25) is 0 Å². The Hall–Kier alpha value is -2.92. The van der Waals surface area contributed by atoms with E-state index < -0.39 is 28.1 Å². The molecule has 1 aliphatic carbocycles. The van der Waals surface area contributed by atoms with E-state index in [4.69, 9.17) is 0 Å². The number of carbonyl (C=O) groups is 2. The molecule has 0 radical (unpaired) electrons. The minimum Gasteiger partial charge on any atom is -0.351 e. The van der Waals surface area contributed by atoms with E-state index in [1.54, 1.807) is 4.90 Å². The van der Waals surface area contributed by atoms with Gasteiger partial charge in [0, 0.05) is 56.4 Å². The molecule has 1 aromatic carbocycles. The summed E-state index contributed by atoms with van der Waals surface area (Å²) in [5, 5.41) is 8.69. The van der Waals surface area contributed by atoms with Gasteiger partial charge in [0.25, 0.3) is 0 Å². The molecule has 198 valence electrons. The molecule has 0 unspecified atom stereocenters. The van der Waals surface area contributed by atoms with Gasteiger partial charge in [0.1, 0.15) is 16.0 Å². The summed E-state index contributed by atoms with van der Waals surface area (Å²) in [5.41, 5.74) is 1.75. The monoisotopic (exact) mass is 528 g/mol. The zero-order chi connectivity index (χ0) is 26.4. The second kappa shape index (κ2) is 12.1. The first-order valence-electron chi connectivity index (χ1n) is 12.6. The van der Waals surface area contributed by atoms with E-state index in [1.165, 1.54) is 12.8 Å². The van der Waals surface area contributed by atoms with Crippen molar-refractivity contribution in [3.8, 4) is 23.7 Å². The Balaban J connectivity index is 1.32. The van der Waals surface area contributed by atoms with Crippen molar-refractivity contribution in [2.24, 2.45) is 5.92 Å². The summed E-state index contributed by atoms with van der Waals surface area (Å²) in [5.74, 6) is 11.8. The number of benzene rings is 1. The first-order chi connectivity index (χ1) is 17.7. The van der Waals surface area contributed by atoms with Crippen molar-refractivity contribution in [2.75, 3.05) is 31.6 Å². The third kappa shape index (κ3) is 8.57. The van der Waals surface area contributed by atoms with Crippen LogP contribution in [-0.2, 0) is 26.0 Å². The van der Waals surface area contributed by atoms with E-state index in [0.29, 0.717) is 25.4 Å². The highest BCUT2D eigenvalue weighted by atomic mass is 32.2. The quantitative estimate of drug-likeness (QED) is 0.421. The molecule has 0 bridgehead atoms. The van der Waals surface area contributed by atoms with Crippen LogP contribution in [0.4, 0.5) is 4.39 Å². The first kappa shape index (κ1) is 27.1. The maximum atomic E-state index is 13.5. The number of carbonyl (C=O) groups excluding carboxylic acids is 2. The van der Waals surface area contributed by atoms with Gasteiger partial charge in [-0.15, -0.1) is 0 Å². The van der Waals surface area contributed by atoms with E-state index in [2.05, 4.69) is 39.6 Å². The Morgan fingerprint density at radius 1 is 1.14 bits per heavy atom. The molecule has 0 aromatic heterocycles. The van der Waals surface area contributed by atoms with Crippen molar-refractivity contribution in [2.45, 2.75) is 56.5 Å². The number of nitrogens with one attached hydrogen (secondary N) is 3. The van der Waals surface area contributed by atoms with E-state index in [0.717, 1.165) is 17.4 Å². The van der Waals surface area contributed by atoms with E-state index in [-0.39, 0.29) is 43.1 Å². The van der Waals surface area contributed by atoms with Crippen LogP contribution in [0.25, 0.3) is 0 Å². The molecule has 8 nitrogen and oxygen atoms in total. The maximum absolute atomic E-state index is 13.5. The molecule has 1 saturated carbocycles. The molecule has 4 atom stereocenters. The van der Waals surface area contributed by atoms with Crippen LogP contribution in [0.1, 0.15) is 36.8 Å². The number of sulfone groups is 1. The summed E-state index contributed by atoms with van der Waals surface area (Å²) in [6, 6.07) is 6.05. The van der Waals surface area contributed by atoms with Gasteiger partial charge < -0.3 is 16.0 Å². The summed E-state index contributed by atoms with van der Waals surface area (Å²) >= 11 is 0. The lowest BCUT2D eigenvalue weighted by molar-refractivity contribution is -0.126. The molecule has 2 amide bonds. The zero-order valence-electron chi connectivity index (χ0n) is 20.9. The van der Waals surface area contributed by atoms with Gasteiger partial charge in [-0.1, -0.05) is 24.0 Å². The van der Waals surface area contributed by atoms with Crippen LogP contribution in [0.3, 0.4) is 0 Å². The fourth-order valence-electron chi connectivity index (χ4n) is 4.49. The lowest BCUT2D eigenvalue weighted by Gasteiger charge is -2.23. The normalized spacial score (nSPS) is 25.5. The summed E-state index contributed by atoms with van der Waals surface area (Å²) in [6.07, 6.45) is 2.91. The number of amides is 2. The first-order valence-corrected chi connectivity index (χ1v) is 14.7. The van der Waals surface area contributed by atoms with Crippen molar-refractivity contribution >= 4 is 21.7 Å². The third-order valence-corrected chi connectivity index (χ3v) is 7.66. The van der Waals surface area contributed by atoms with Crippen LogP contribution in [-0.4, -0.2) is 81.1 Å². The zero-order valence-corrected chi connectivity index (χ0v) is 21.7. The summed E-state index contributed by atoms with van der Waals surface area (Å²) in [4.78, 5) is 27.4. The van der Waals surface area contributed by atoms with Gasteiger partial charge in [-0.25, -0.2) is 12.8 Å². The molecule has 2 aliphatic heterocycles. The second-order valence-corrected chi connectivity index (χ2v) is 12.3.